The number of rotatable bonds is 13. The number of fused-ring (bicyclic) bond motifs is 5. The molecule has 4 fully saturated rings. The molecule has 0 aromatic rings. The van der Waals surface area contributed by atoms with E-state index in [1.54, 1.807) is 6.92 Å². The van der Waals surface area contributed by atoms with Crippen LogP contribution < -0.4 is 0 Å². The highest BCUT2D eigenvalue weighted by Crippen LogP contribution is 2.65. The Morgan fingerprint density at radius 2 is 1.43 bits per heavy atom. The molecule has 6 aliphatic rings. The molecule has 0 radical (unpaired) electrons. The first-order valence-corrected chi connectivity index (χ1v) is 20.7. The van der Waals surface area contributed by atoms with Gasteiger partial charge in [0.15, 0.2) is 12.6 Å². The lowest BCUT2D eigenvalue weighted by atomic mass is 9.51. The lowest BCUT2D eigenvalue weighted by Crippen LogP contribution is -2.61. The van der Waals surface area contributed by atoms with Crippen LogP contribution in [0.15, 0.2) is 23.3 Å². The van der Waals surface area contributed by atoms with Crippen molar-refractivity contribution in [2.75, 3.05) is 19.8 Å². The van der Waals surface area contributed by atoms with Crippen molar-refractivity contribution in [1.29, 1.82) is 0 Å². The van der Waals surface area contributed by atoms with Crippen LogP contribution in [0.5, 0.6) is 0 Å². The van der Waals surface area contributed by atoms with Gasteiger partial charge in [0.1, 0.15) is 48.8 Å². The van der Waals surface area contributed by atoms with Crippen LogP contribution >= 0.6 is 0 Å². The molecule has 11 N–H and O–H groups in total. The van der Waals surface area contributed by atoms with Gasteiger partial charge < -0.3 is 75.1 Å². The smallest absolute Gasteiger partial charge is 0.187 e. The second-order valence-corrected chi connectivity index (χ2v) is 18.6. The zero-order valence-electron chi connectivity index (χ0n) is 33.4. The van der Waals surface area contributed by atoms with E-state index < -0.39 is 92.4 Å². The Labute approximate surface area is 329 Å². The van der Waals surface area contributed by atoms with Crippen molar-refractivity contribution in [1.82, 2.24) is 0 Å². The highest BCUT2D eigenvalue weighted by Gasteiger charge is 2.59. The second-order valence-electron chi connectivity index (χ2n) is 18.6. The molecule has 2 saturated carbocycles. The summed E-state index contributed by atoms with van der Waals surface area (Å²) in [5.41, 5.74) is 0.582. The first-order valence-electron chi connectivity index (χ1n) is 20.7. The molecule has 322 valence electrons. The molecule has 0 unspecified atom stereocenters. The number of aliphatic hydroxyl groups is 11. The van der Waals surface area contributed by atoms with Crippen LogP contribution in [0.3, 0.4) is 0 Å². The van der Waals surface area contributed by atoms with Crippen molar-refractivity contribution in [3.63, 3.8) is 0 Å². The van der Waals surface area contributed by atoms with E-state index in [4.69, 9.17) is 18.9 Å². The van der Waals surface area contributed by atoms with Crippen molar-refractivity contribution in [2.24, 2.45) is 40.4 Å². The number of allylic oxidation sites excluding steroid dienone is 4. The molecule has 0 spiro atoms. The summed E-state index contributed by atoms with van der Waals surface area (Å²) in [5, 5.41) is 116. The zero-order chi connectivity index (χ0) is 41.1. The van der Waals surface area contributed by atoms with Crippen molar-refractivity contribution in [3.05, 3.63) is 23.3 Å². The van der Waals surface area contributed by atoms with Gasteiger partial charge in [-0.25, -0.2) is 0 Å². The minimum absolute atomic E-state index is 0.0647. The maximum Gasteiger partial charge on any atom is 0.187 e. The summed E-state index contributed by atoms with van der Waals surface area (Å²) in [6.07, 6.45) is -6.32. The molecule has 6 rings (SSSR count). The van der Waals surface area contributed by atoms with Crippen LogP contribution in [0.1, 0.15) is 86.0 Å². The van der Waals surface area contributed by atoms with Gasteiger partial charge in [0.2, 0.25) is 0 Å². The van der Waals surface area contributed by atoms with E-state index in [0.717, 1.165) is 12.8 Å². The van der Waals surface area contributed by atoms with Crippen molar-refractivity contribution >= 4 is 0 Å². The van der Waals surface area contributed by atoms with Crippen molar-refractivity contribution < 1.29 is 75.1 Å². The van der Waals surface area contributed by atoms with Gasteiger partial charge in [0.25, 0.3) is 0 Å². The molecule has 20 atom stereocenters. The van der Waals surface area contributed by atoms with Gasteiger partial charge in [0.05, 0.1) is 37.1 Å². The third kappa shape index (κ3) is 7.71. The molecule has 2 aliphatic heterocycles. The van der Waals surface area contributed by atoms with E-state index in [1.807, 2.05) is 13.8 Å². The Bertz CT molecular complexity index is 1410. The van der Waals surface area contributed by atoms with Gasteiger partial charge in [-0.2, -0.15) is 0 Å². The normalized spacial score (nSPS) is 47.6. The highest BCUT2D eigenvalue weighted by molar-refractivity contribution is 5.46. The van der Waals surface area contributed by atoms with E-state index in [9.17, 15) is 56.2 Å². The largest absolute Gasteiger partial charge is 0.396 e. The molecular weight excluding hydrogens is 732 g/mol. The van der Waals surface area contributed by atoms with E-state index in [-0.39, 0.29) is 59.6 Å². The van der Waals surface area contributed by atoms with Crippen molar-refractivity contribution in [2.45, 2.75) is 171 Å². The standard InChI is InChI=1S/C41H68O15/c1-19(2)41(52,20(3)53-37-35(50)33(48)31(46)28(17-43)55-37)13-8-21(16-42)30-27(45)15-26-24-7-6-22-14-23(9-11-39(22,4)25(24)10-12-40(26,30)5)54-38-36(51)34(49)32(47)29(18-44)56-38/h7,10,19-23,26-38,42-52H,6,8-9,11-18H2,1-5H3/t20-,21+,22+,23+,26+,27+,28-,29-,30+,31-,32-,33+,34+,35-,36-,37-,38-,39+,40+,41-/m1/s1. The summed E-state index contributed by atoms with van der Waals surface area (Å²) in [5.74, 6) is -0.643. The lowest BCUT2D eigenvalue weighted by molar-refractivity contribution is -0.324. The summed E-state index contributed by atoms with van der Waals surface area (Å²) < 4.78 is 23.4. The molecule has 15 heteroatoms. The van der Waals surface area contributed by atoms with Crippen LogP contribution in [-0.4, -0.2) is 161 Å². The minimum atomic E-state index is -1.62. The Hall–Kier alpha value is -1.12. The van der Waals surface area contributed by atoms with Crippen LogP contribution in [0.4, 0.5) is 0 Å². The third-order valence-electron chi connectivity index (χ3n) is 15.3. The number of hydrogen-bond acceptors (Lipinski definition) is 15. The highest BCUT2D eigenvalue weighted by atomic mass is 16.7. The molecule has 4 aliphatic carbocycles. The second kappa shape index (κ2) is 17.1. The zero-order valence-corrected chi connectivity index (χ0v) is 33.4. The van der Waals surface area contributed by atoms with Crippen molar-refractivity contribution in [3.8, 4) is 0 Å². The predicted octanol–water partition coefficient (Wildman–Crippen LogP) is -0.378. The molecule has 0 bridgehead atoms. The third-order valence-corrected chi connectivity index (χ3v) is 15.3. The molecule has 56 heavy (non-hydrogen) atoms. The predicted molar refractivity (Wildman–Crippen MR) is 199 cm³/mol. The molecule has 0 aromatic carbocycles. The summed E-state index contributed by atoms with van der Waals surface area (Å²) >= 11 is 0. The molecular formula is C41H68O15. The topological polar surface area (TPSA) is 259 Å². The Morgan fingerprint density at radius 3 is 2.02 bits per heavy atom. The van der Waals surface area contributed by atoms with E-state index in [1.165, 1.54) is 11.1 Å². The molecule has 15 nitrogen and oxygen atoms in total. The first kappa shape index (κ1) is 44.4. The van der Waals surface area contributed by atoms with E-state index >= 15 is 0 Å². The van der Waals surface area contributed by atoms with Gasteiger partial charge in [0, 0.05) is 6.61 Å². The fourth-order valence-corrected chi connectivity index (χ4v) is 11.5. The monoisotopic (exact) mass is 800 g/mol. The van der Waals surface area contributed by atoms with E-state index in [0.29, 0.717) is 32.1 Å². The van der Waals surface area contributed by atoms with Gasteiger partial charge in [-0.05, 0) is 110 Å². The van der Waals surface area contributed by atoms with Crippen LogP contribution in [0.25, 0.3) is 0 Å². The number of hydrogen-bond donors (Lipinski definition) is 11. The lowest BCUT2D eigenvalue weighted by Gasteiger charge is -2.54. The van der Waals surface area contributed by atoms with Gasteiger partial charge in [-0.15, -0.1) is 0 Å². The Kier molecular flexibility index (Phi) is 13.6. The van der Waals surface area contributed by atoms with Crippen LogP contribution in [-0.2, 0) is 18.9 Å². The van der Waals surface area contributed by atoms with Gasteiger partial charge >= 0.3 is 0 Å². The summed E-state index contributed by atoms with van der Waals surface area (Å²) in [6, 6.07) is 0. The first-order chi connectivity index (χ1) is 26.4. The molecule has 0 amide bonds. The summed E-state index contributed by atoms with van der Waals surface area (Å²) in [7, 11) is 0. The number of aliphatic hydroxyl groups excluding tert-OH is 10. The molecule has 0 aromatic heterocycles. The molecule has 2 heterocycles. The fourth-order valence-electron chi connectivity index (χ4n) is 11.5. The minimum Gasteiger partial charge on any atom is -0.396 e. The fraction of sp³-hybridized carbons (Fsp3) is 0.902. The Morgan fingerprint density at radius 1 is 0.821 bits per heavy atom. The van der Waals surface area contributed by atoms with Crippen LogP contribution in [0.2, 0.25) is 0 Å². The van der Waals surface area contributed by atoms with Gasteiger partial charge in [-0.3, -0.25) is 0 Å². The maximum atomic E-state index is 12.1. The summed E-state index contributed by atoms with van der Waals surface area (Å²) in [6.45, 7) is 8.51. The molecule has 2 saturated heterocycles. The average Bonchev–Trinajstić information content (AvgIpc) is 3.44. The van der Waals surface area contributed by atoms with Crippen LogP contribution in [0, 0.1) is 40.4 Å². The SMILES string of the molecule is CC(C)[C@](O)(CC[C@@H](CO)[C@H]1[C@@H](O)C[C@H]2C3=CC[C@H]4C[C@@H](O[C@@H]5O[C@H](CO)[C@@H](O)[C@H](O)[C@H]5O)CC[C@]4(C)C3=CC[C@]12C)[C@@H](C)O[C@@H]1O[C@H](CO)[C@@H](O)[C@H](O)[C@H]1O. The van der Waals surface area contributed by atoms with Gasteiger partial charge in [-0.1, -0.05) is 39.8 Å². The Balaban J connectivity index is 1.13. The number of ether oxygens (including phenoxy) is 4. The average molecular weight is 801 g/mol. The quantitative estimate of drug-likeness (QED) is 0.114. The van der Waals surface area contributed by atoms with E-state index in [2.05, 4.69) is 26.0 Å². The maximum absolute atomic E-state index is 12.1. The summed E-state index contributed by atoms with van der Waals surface area (Å²) in [4.78, 5) is 0.